The van der Waals surface area contributed by atoms with Crippen LogP contribution in [0.1, 0.15) is 22.3 Å². The molecule has 0 unspecified atom stereocenters. The number of benzene rings is 4. The van der Waals surface area contributed by atoms with E-state index in [2.05, 4.69) is 0 Å². The standard InChI is InChI=1S/C28H20N4.Pd/c1-5-13-25-21(9-1)17-29-26-14-6-2-11-23(26)19-31-28-16-8-4-12-24(28)20-32-27-15-7-3-10-22(27)18-30-25;/h1-20H;. The second-order valence-corrected chi connectivity index (χ2v) is 7.27. The molecule has 0 spiro atoms. The van der Waals surface area contributed by atoms with Crippen LogP contribution in [0.3, 0.4) is 0 Å². The molecule has 0 fully saturated rings. The molecule has 5 heteroatoms. The van der Waals surface area contributed by atoms with Crippen molar-refractivity contribution in [2.75, 3.05) is 0 Å². The van der Waals surface area contributed by atoms with Gasteiger partial charge in [0.25, 0.3) is 0 Å². The molecule has 0 atom stereocenters. The number of fused-ring (bicyclic) bond motifs is 4. The van der Waals surface area contributed by atoms with Crippen LogP contribution in [0.2, 0.25) is 0 Å². The quantitative estimate of drug-likeness (QED) is 0.198. The Morgan fingerprint density at radius 1 is 0.303 bits per heavy atom. The van der Waals surface area contributed by atoms with Gasteiger partial charge in [0.1, 0.15) is 0 Å². The first kappa shape index (κ1) is 22.4. The normalized spacial score (nSPS) is 12.1. The van der Waals surface area contributed by atoms with E-state index in [-0.39, 0.29) is 20.4 Å². The number of aliphatic imine (C=N–C) groups is 4. The molecule has 0 aliphatic carbocycles. The summed E-state index contributed by atoms with van der Waals surface area (Å²) in [7, 11) is 0. The van der Waals surface area contributed by atoms with Crippen LogP contribution < -0.4 is 0 Å². The fourth-order valence-electron chi connectivity index (χ4n) is 3.41. The van der Waals surface area contributed by atoms with Gasteiger partial charge in [-0.25, -0.2) is 0 Å². The summed E-state index contributed by atoms with van der Waals surface area (Å²) in [5.41, 5.74) is 7.14. The molecule has 162 valence electrons. The third kappa shape index (κ3) is 5.35. The van der Waals surface area contributed by atoms with E-state index in [0.29, 0.717) is 0 Å². The Balaban J connectivity index is 0.00000259. The van der Waals surface area contributed by atoms with E-state index in [1.54, 1.807) is 0 Å². The van der Waals surface area contributed by atoms with Crippen LogP contribution in [0.15, 0.2) is 117 Å². The molecule has 0 radical (unpaired) electrons. The summed E-state index contributed by atoms with van der Waals surface area (Å²) >= 11 is 0. The van der Waals surface area contributed by atoms with Crippen molar-refractivity contribution in [2.45, 2.75) is 0 Å². The Labute approximate surface area is 206 Å². The van der Waals surface area contributed by atoms with Crippen molar-refractivity contribution < 1.29 is 20.4 Å². The van der Waals surface area contributed by atoms with Gasteiger partial charge in [-0.2, -0.15) is 0 Å². The van der Waals surface area contributed by atoms with Crippen LogP contribution in [0.25, 0.3) is 0 Å². The van der Waals surface area contributed by atoms with Crippen molar-refractivity contribution in [3.8, 4) is 0 Å². The second-order valence-electron chi connectivity index (χ2n) is 7.27. The summed E-state index contributed by atoms with van der Waals surface area (Å²) < 4.78 is 0. The SMILES string of the molecule is C1=Nc2ccccc2C=Nc2ccccc2C=Nc2ccccc2C=Nc2ccccc21.[Pd]. The number of para-hydroxylation sites is 4. The van der Waals surface area contributed by atoms with Gasteiger partial charge < -0.3 is 0 Å². The predicted molar refractivity (Wildman–Crippen MR) is 135 cm³/mol. The Morgan fingerprint density at radius 3 is 0.758 bits per heavy atom. The van der Waals surface area contributed by atoms with E-state index in [4.69, 9.17) is 20.0 Å². The number of hydrogen-bond acceptors (Lipinski definition) is 4. The molecule has 0 N–H and O–H groups in total. The molecular formula is C28H20N4Pd. The first-order valence-corrected chi connectivity index (χ1v) is 10.4. The smallest absolute Gasteiger partial charge is 0.0717 e. The summed E-state index contributed by atoms with van der Waals surface area (Å²) in [4.78, 5) is 19.0. The minimum absolute atomic E-state index is 0. The Kier molecular flexibility index (Phi) is 7.26. The maximum atomic E-state index is 4.74. The topological polar surface area (TPSA) is 49.4 Å². The van der Waals surface area contributed by atoms with Gasteiger partial charge >= 0.3 is 0 Å². The van der Waals surface area contributed by atoms with E-state index in [0.717, 1.165) is 45.0 Å². The van der Waals surface area contributed by atoms with Gasteiger partial charge in [-0.15, -0.1) is 0 Å². The average molecular weight is 519 g/mol. The predicted octanol–water partition coefficient (Wildman–Crippen LogP) is 7.00. The zero-order valence-corrected chi connectivity index (χ0v) is 19.2. The van der Waals surface area contributed by atoms with Gasteiger partial charge in [-0.3, -0.25) is 20.0 Å². The maximum absolute atomic E-state index is 4.74. The third-order valence-corrected chi connectivity index (χ3v) is 5.12. The van der Waals surface area contributed by atoms with Gasteiger partial charge in [0.2, 0.25) is 0 Å². The summed E-state index contributed by atoms with van der Waals surface area (Å²) in [6, 6.07) is 31.8. The molecule has 0 amide bonds. The average Bonchev–Trinajstić information content (AvgIpc) is 2.85. The number of hydrogen-bond donors (Lipinski definition) is 0. The molecular weight excluding hydrogens is 499 g/mol. The Bertz CT molecular complexity index is 1070. The molecule has 1 heterocycles. The van der Waals surface area contributed by atoms with Crippen molar-refractivity contribution in [2.24, 2.45) is 20.0 Å². The fraction of sp³-hybridized carbons (Fsp3) is 0. The molecule has 4 aromatic carbocycles. The molecule has 1 aliphatic rings. The summed E-state index contributed by atoms with van der Waals surface area (Å²) in [6.45, 7) is 0. The summed E-state index contributed by atoms with van der Waals surface area (Å²) in [5, 5.41) is 0. The van der Waals surface area contributed by atoms with Crippen LogP contribution in [-0.4, -0.2) is 24.9 Å². The summed E-state index contributed by atoms with van der Waals surface area (Å²) in [6.07, 6.45) is 7.40. The van der Waals surface area contributed by atoms with Crippen molar-refractivity contribution in [1.29, 1.82) is 0 Å². The molecule has 0 saturated heterocycles. The molecule has 33 heavy (non-hydrogen) atoms. The molecule has 0 aromatic heterocycles. The Morgan fingerprint density at radius 2 is 0.515 bits per heavy atom. The first-order chi connectivity index (χ1) is 15.9. The van der Waals surface area contributed by atoms with E-state index in [1.807, 2.05) is 122 Å². The van der Waals surface area contributed by atoms with Crippen LogP contribution in [0.5, 0.6) is 0 Å². The van der Waals surface area contributed by atoms with Crippen LogP contribution in [0.4, 0.5) is 22.7 Å². The second kappa shape index (κ2) is 10.7. The molecule has 0 saturated carbocycles. The first-order valence-electron chi connectivity index (χ1n) is 10.4. The van der Waals surface area contributed by atoms with E-state index in [1.165, 1.54) is 0 Å². The maximum Gasteiger partial charge on any atom is 0.0717 e. The van der Waals surface area contributed by atoms with Gasteiger partial charge in [-0.05, 0) is 24.3 Å². The van der Waals surface area contributed by atoms with Crippen LogP contribution in [0, 0.1) is 0 Å². The molecule has 4 aromatic rings. The van der Waals surface area contributed by atoms with Gasteiger partial charge in [0, 0.05) is 67.5 Å². The molecule has 0 bridgehead atoms. The van der Waals surface area contributed by atoms with Crippen molar-refractivity contribution in [3.63, 3.8) is 0 Å². The van der Waals surface area contributed by atoms with E-state index < -0.39 is 0 Å². The van der Waals surface area contributed by atoms with Crippen molar-refractivity contribution in [3.05, 3.63) is 119 Å². The largest absolute Gasteiger partial charge is 0.256 e. The molecule has 1 aliphatic heterocycles. The molecule has 5 rings (SSSR count). The van der Waals surface area contributed by atoms with Crippen molar-refractivity contribution >= 4 is 47.6 Å². The van der Waals surface area contributed by atoms with Crippen molar-refractivity contribution in [1.82, 2.24) is 0 Å². The third-order valence-electron chi connectivity index (χ3n) is 5.12. The minimum Gasteiger partial charge on any atom is -0.256 e. The van der Waals surface area contributed by atoms with E-state index in [9.17, 15) is 0 Å². The number of rotatable bonds is 0. The summed E-state index contributed by atoms with van der Waals surface area (Å²) in [5.74, 6) is 0. The monoisotopic (exact) mass is 518 g/mol. The van der Waals surface area contributed by atoms with Gasteiger partial charge in [-0.1, -0.05) is 72.8 Å². The van der Waals surface area contributed by atoms with Crippen LogP contribution in [-0.2, 0) is 20.4 Å². The number of nitrogens with zero attached hydrogens (tertiary/aromatic N) is 4. The zero-order valence-electron chi connectivity index (χ0n) is 17.7. The minimum atomic E-state index is 0. The van der Waals surface area contributed by atoms with Crippen LogP contribution >= 0.6 is 0 Å². The fourth-order valence-corrected chi connectivity index (χ4v) is 3.41. The van der Waals surface area contributed by atoms with Gasteiger partial charge in [0.05, 0.1) is 22.7 Å². The van der Waals surface area contributed by atoms with E-state index >= 15 is 0 Å². The Hall–Kier alpha value is -3.78. The van der Waals surface area contributed by atoms with Gasteiger partial charge in [0.15, 0.2) is 0 Å². The molecule has 4 nitrogen and oxygen atoms in total. The zero-order chi connectivity index (χ0) is 21.6.